The molecule has 4 nitrogen and oxygen atoms in total. The Bertz CT molecular complexity index is 790. The first kappa shape index (κ1) is 16.1. The molecular weight excluding hydrogens is 334 g/mol. The molecule has 0 aromatic heterocycles. The van der Waals surface area contributed by atoms with Crippen molar-refractivity contribution >= 4 is 27.1 Å². The van der Waals surface area contributed by atoms with Gasteiger partial charge in [0.05, 0.1) is 11.4 Å². The van der Waals surface area contributed by atoms with E-state index in [1.807, 2.05) is 36.4 Å². The van der Waals surface area contributed by atoms with Gasteiger partial charge in [-0.1, -0.05) is 17.7 Å². The van der Waals surface area contributed by atoms with Gasteiger partial charge in [-0.2, -0.15) is 0 Å². The van der Waals surface area contributed by atoms with Crippen molar-refractivity contribution in [2.75, 3.05) is 24.2 Å². The van der Waals surface area contributed by atoms with Crippen LogP contribution in [0.2, 0.25) is 5.02 Å². The maximum Gasteiger partial charge on any atom is 0.175 e. The summed E-state index contributed by atoms with van der Waals surface area (Å²) in [5.74, 6) is 0.775. The molecule has 23 heavy (non-hydrogen) atoms. The van der Waals surface area contributed by atoms with Gasteiger partial charge >= 0.3 is 0 Å². The second-order valence-electron chi connectivity index (χ2n) is 5.70. The molecule has 0 spiro atoms. The first-order chi connectivity index (χ1) is 10.9. The fraction of sp³-hybridized carbons (Fsp3) is 0.294. The summed E-state index contributed by atoms with van der Waals surface area (Å²) < 4.78 is 29.0. The molecule has 0 radical (unpaired) electrons. The number of sulfone groups is 1. The van der Waals surface area contributed by atoms with Crippen LogP contribution in [0.15, 0.2) is 53.4 Å². The van der Waals surface area contributed by atoms with Crippen molar-refractivity contribution in [1.82, 2.24) is 0 Å². The van der Waals surface area contributed by atoms with Crippen LogP contribution in [0.25, 0.3) is 0 Å². The van der Waals surface area contributed by atoms with Crippen molar-refractivity contribution in [2.24, 2.45) is 0 Å². The maximum atomic E-state index is 11.5. The lowest BCUT2D eigenvalue weighted by molar-refractivity contribution is 0.225. The van der Waals surface area contributed by atoms with Gasteiger partial charge in [0.1, 0.15) is 11.9 Å². The number of anilines is 1. The lowest BCUT2D eigenvalue weighted by Gasteiger charge is -2.19. The van der Waals surface area contributed by atoms with Gasteiger partial charge in [0, 0.05) is 29.9 Å². The summed E-state index contributed by atoms with van der Waals surface area (Å²) in [4.78, 5) is 2.54. The topological polar surface area (TPSA) is 46.6 Å². The third-order valence-corrected chi connectivity index (χ3v) is 5.24. The van der Waals surface area contributed by atoms with Gasteiger partial charge in [-0.15, -0.1) is 0 Å². The number of hydrogen-bond donors (Lipinski definition) is 0. The monoisotopic (exact) mass is 351 g/mol. The van der Waals surface area contributed by atoms with E-state index in [1.54, 1.807) is 12.1 Å². The summed E-state index contributed by atoms with van der Waals surface area (Å²) in [5, 5.41) is 0.661. The zero-order chi connectivity index (χ0) is 16.4. The zero-order valence-electron chi connectivity index (χ0n) is 12.8. The highest BCUT2D eigenvalue weighted by Crippen LogP contribution is 2.26. The quantitative estimate of drug-likeness (QED) is 0.847. The lowest BCUT2D eigenvalue weighted by atomic mass is 10.3. The minimum absolute atomic E-state index is 0.100. The molecule has 3 rings (SSSR count). The van der Waals surface area contributed by atoms with Crippen molar-refractivity contribution in [3.05, 3.63) is 53.6 Å². The molecule has 0 amide bonds. The molecule has 6 heteroatoms. The fourth-order valence-corrected chi connectivity index (χ4v) is 3.51. The summed E-state index contributed by atoms with van der Waals surface area (Å²) in [6.45, 7) is 1.65. The van der Waals surface area contributed by atoms with Gasteiger partial charge < -0.3 is 9.64 Å². The van der Waals surface area contributed by atoms with Crippen LogP contribution in [0.1, 0.15) is 6.42 Å². The first-order valence-corrected chi connectivity index (χ1v) is 9.66. The Morgan fingerprint density at radius 3 is 2.57 bits per heavy atom. The summed E-state index contributed by atoms with van der Waals surface area (Å²) >= 11 is 5.97. The number of halogens is 1. The van der Waals surface area contributed by atoms with E-state index in [9.17, 15) is 8.42 Å². The van der Waals surface area contributed by atoms with Crippen molar-refractivity contribution < 1.29 is 13.2 Å². The molecular formula is C17H18ClNO3S. The SMILES string of the molecule is CS(=O)(=O)c1ccc(N2CCC(Oc3cccc(Cl)c3)C2)cc1. The minimum Gasteiger partial charge on any atom is -0.488 e. The van der Waals surface area contributed by atoms with Crippen LogP contribution in [0.4, 0.5) is 5.69 Å². The molecule has 1 heterocycles. The number of hydrogen-bond acceptors (Lipinski definition) is 4. The normalized spacial score (nSPS) is 18.2. The molecule has 1 aliphatic rings. The highest BCUT2D eigenvalue weighted by Gasteiger charge is 2.24. The minimum atomic E-state index is -3.15. The second-order valence-corrected chi connectivity index (χ2v) is 8.15. The van der Waals surface area contributed by atoms with E-state index < -0.39 is 9.84 Å². The number of ether oxygens (including phenoxy) is 1. The van der Waals surface area contributed by atoms with Crippen molar-refractivity contribution in [3.8, 4) is 5.75 Å². The Balaban J connectivity index is 1.65. The summed E-state index contributed by atoms with van der Waals surface area (Å²) in [6.07, 6.45) is 2.23. The summed E-state index contributed by atoms with van der Waals surface area (Å²) in [7, 11) is -3.15. The first-order valence-electron chi connectivity index (χ1n) is 7.39. The van der Waals surface area contributed by atoms with E-state index in [-0.39, 0.29) is 6.10 Å². The second kappa shape index (κ2) is 6.42. The molecule has 0 aliphatic carbocycles. The van der Waals surface area contributed by atoms with E-state index in [1.165, 1.54) is 6.26 Å². The van der Waals surface area contributed by atoms with Crippen LogP contribution in [0, 0.1) is 0 Å². The summed E-state index contributed by atoms with van der Waals surface area (Å²) in [6, 6.07) is 14.4. The lowest BCUT2D eigenvalue weighted by Crippen LogP contribution is -2.24. The number of rotatable bonds is 4. The predicted molar refractivity (Wildman–Crippen MR) is 92.2 cm³/mol. The molecule has 0 saturated carbocycles. The third-order valence-electron chi connectivity index (χ3n) is 3.87. The maximum absolute atomic E-state index is 11.5. The molecule has 0 bridgehead atoms. The molecule has 2 aromatic carbocycles. The van der Waals surface area contributed by atoms with Gasteiger partial charge in [-0.3, -0.25) is 0 Å². The van der Waals surface area contributed by atoms with Gasteiger partial charge in [0.25, 0.3) is 0 Å². The van der Waals surface area contributed by atoms with E-state index in [4.69, 9.17) is 16.3 Å². The highest BCUT2D eigenvalue weighted by atomic mass is 35.5. The van der Waals surface area contributed by atoms with Gasteiger partial charge in [0.2, 0.25) is 0 Å². The van der Waals surface area contributed by atoms with E-state index in [0.717, 1.165) is 30.9 Å². The van der Waals surface area contributed by atoms with Crippen LogP contribution >= 0.6 is 11.6 Å². The van der Waals surface area contributed by atoms with Gasteiger partial charge in [-0.25, -0.2) is 8.42 Å². The fourth-order valence-electron chi connectivity index (χ4n) is 2.70. The largest absolute Gasteiger partial charge is 0.488 e. The molecule has 1 saturated heterocycles. The standard InChI is InChI=1S/C17H18ClNO3S/c1-23(20,21)17-7-5-14(6-8-17)19-10-9-16(12-19)22-15-4-2-3-13(18)11-15/h2-8,11,16H,9-10,12H2,1H3. The van der Waals surface area contributed by atoms with Gasteiger partial charge in [0.15, 0.2) is 9.84 Å². The number of nitrogens with zero attached hydrogens (tertiary/aromatic N) is 1. The zero-order valence-corrected chi connectivity index (χ0v) is 14.3. The Kier molecular flexibility index (Phi) is 4.50. The molecule has 122 valence electrons. The van der Waals surface area contributed by atoms with Crippen LogP contribution < -0.4 is 9.64 Å². The number of benzene rings is 2. The Morgan fingerprint density at radius 2 is 1.91 bits per heavy atom. The summed E-state index contributed by atoms with van der Waals surface area (Å²) in [5.41, 5.74) is 1.01. The van der Waals surface area contributed by atoms with Crippen LogP contribution in [0.5, 0.6) is 5.75 Å². The Morgan fingerprint density at radius 1 is 1.17 bits per heavy atom. The average Bonchev–Trinajstić information content (AvgIpc) is 2.95. The van der Waals surface area contributed by atoms with Crippen molar-refractivity contribution in [3.63, 3.8) is 0 Å². The molecule has 1 aliphatic heterocycles. The van der Waals surface area contributed by atoms with Crippen molar-refractivity contribution in [1.29, 1.82) is 0 Å². The average molecular weight is 352 g/mol. The van der Waals surface area contributed by atoms with Crippen LogP contribution in [-0.4, -0.2) is 33.9 Å². The highest BCUT2D eigenvalue weighted by molar-refractivity contribution is 7.90. The van der Waals surface area contributed by atoms with Crippen LogP contribution in [0.3, 0.4) is 0 Å². The van der Waals surface area contributed by atoms with Gasteiger partial charge in [-0.05, 0) is 42.5 Å². The smallest absolute Gasteiger partial charge is 0.175 e. The molecule has 0 N–H and O–H groups in total. The van der Waals surface area contributed by atoms with E-state index in [0.29, 0.717) is 9.92 Å². The van der Waals surface area contributed by atoms with E-state index in [2.05, 4.69) is 4.90 Å². The van der Waals surface area contributed by atoms with Crippen LogP contribution in [-0.2, 0) is 9.84 Å². The van der Waals surface area contributed by atoms with Crippen molar-refractivity contribution in [2.45, 2.75) is 17.4 Å². The molecule has 1 fully saturated rings. The Labute approximate surface area is 141 Å². The molecule has 1 atom stereocenters. The third kappa shape index (κ3) is 3.98. The van der Waals surface area contributed by atoms with E-state index >= 15 is 0 Å². The molecule has 1 unspecified atom stereocenters. The Hall–Kier alpha value is -1.72. The predicted octanol–water partition coefficient (Wildman–Crippen LogP) is 3.40. The molecule has 2 aromatic rings.